The molecule has 0 unspecified atom stereocenters. The largest absolute Gasteiger partial charge is 0.325 e. The van der Waals surface area contributed by atoms with Gasteiger partial charge in [0, 0.05) is 24.1 Å². The van der Waals surface area contributed by atoms with E-state index < -0.39 is 0 Å². The normalized spacial score (nSPS) is 15.0. The van der Waals surface area contributed by atoms with Crippen molar-refractivity contribution in [3.63, 3.8) is 0 Å². The van der Waals surface area contributed by atoms with Gasteiger partial charge in [-0.2, -0.15) is 0 Å². The highest BCUT2D eigenvalue weighted by atomic mass is 16.1. The fourth-order valence-electron chi connectivity index (χ4n) is 1.33. The molecule has 0 aromatic carbocycles. The van der Waals surface area contributed by atoms with E-state index in [1.54, 1.807) is 12.4 Å². The fraction of sp³-hybridized carbons (Fsp3) is 0.455. The van der Waals surface area contributed by atoms with E-state index in [4.69, 9.17) is 0 Å². The minimum Gasteiger partial charge on any atom is -0.325 e. The van der Waals surface area contributed by atoms with Crippen LogP contribution in [0.1, 0.15) is 18.4 Å². The number of anilines is 1. The zero-order valence-electron chi connectivity index (χ0n) is 8.79. The van der Waals surface area contributed by atoms with Crippen molar-refractivity contribution < 1.29 is 4.79 Å². The number of aromatic nitrogens is 1. The fourth-order valence-corrected chi connectivity index (χ4v) is 1.33. The highest BCUT2D eigenvalue weighted by Crippen LogP contribution is 2.18. The summed E-state index contributed by atoms with van der Waals surface area (Å²) in [7, 11) is 0. The van der Waals surface area contributed by atoms with E-state index in [2.05, 4.69) is 15.6 Å². The van der Waals surface area contributed by atoms with Crippen LogP contribution >= 0.6 is 0 Å². The number of carbonyl (C=O) groups is 1. The van der Waals surface area contributed by atoms with Crippen LogP contribution in [0.5, 0.6) is 0 Å². The molecule has 1 aromatic heterocycles. The molecule has 0 spiro atoms. The number of pyridine rings is 1. The first-order valence-electron chi connectivity index (χ1n) is 5.19. The number of aryl methyl sites for hydroxylation is 1. The predicted octanol–water partition coefficient (Wildman–Crippen LogP) is 1.08. The zero-order chi connectivity index (χ0) is 10.7. The van der Waals surface area contributed by atoms with E-state index in [-0.39, 0.29) is 5.91 Å². The Balaban J connectivity index is 1.84. The molecule has 4 heteroatoms. The van der Waals surface area contributed by atoms with Gasteiger partial charge in [0.25, 0.3) is 0 Å². The topological polar surface area (TPSA) is 54.0 Å². The first-order valence-corrected chi connectivity index (χ1v) is 5.19. The third-order valence-corrected chi connectivity index (χ3v) is 2.42. The molecule has 1 aromatic rings. The molecule has 1 heterocycles. The van der Waals surface area contributed by atoms with Crippen molar-refractivity contribution in [2.24, 2.45) is 0 Å². The summed E-state index contributed by atoms with van der Waals surface area (Å²) in [6, 6.07) is 2.37. The lowest BCUT2D eigenvalue weighted by molar-refractivity contribution is -0.115. The van der Waals surface area contributed by atoms with Crippen molar-refractivity contribution in [2.75, 3.05) is 11.9 Å². The lowest BCUT2D eigenvalue weighted by Gasteiger charge is -2.07. The first-order chi connectivity index (χ1) is 7.25. The molecule has 0 atom stereocenters. The van der Waals surface area contributed by atoms with Crippen LogP contribution in [0.2, 0.25) is 0 Å². The van der Waals surface area contributed by atoms with Crippen molar-refractivity contribution in [3.05, 3.63) is 24.0 Å². The summed E-state index contributed by atoms with van der Waals surface area (Å²) in [5.41, 5.74) is 1.82. The lowest BCUT2D eigenvalue weighted by atomic mass is 10.2. The van der Waals surface area contributed by atoms with E-state index in [0.717, 1.165) is 11.3 Å². The molecular weight excluding hydrogens is 190 g/mol. The van der Waals surface area contributed by atoms with Crippen molar-refractivity contribution >= 4 is 11.6 Å². The summed E-state index contributed by atoms with van der Waals surface area (Å²) in [4.78, 5) is 15.5. The van der Waals surface area contributed by atoms with Gasteiger partial charge in [-0.25, -0.2) is 0 Å². The Morgan fingerprint density at radius 1 is 1.60 bits per heavy atom. The van der Waals surface area contributed by atoms with Gasteiger partial charge in [-0.15, -0.1) is 0 Å². The van der Waals surface area contributed by atoms with Crippen LogP contribution in [0.4, 0.5) is 5.69 Å². The van der Waals surface area contributed by atoms with Crippen LogP contribution in [-0.4, -0.2) is 23.5 Å². The van der Waals surface area contributed by atoms with Gasteiger partial charge in [0.1, 0.15) is 0 Å². The highest BCUT2D eigenvalue weighted by Gasteiger charge is 2.21. The second-order valence-corrected chi connectivity index (χ2v) is 3.89. The molecule has 0 bridgehead atoms. The monoisotopic (exact) mass is 205 g/mol. The predicted molar refractivity (Wildman–Crippen MR) is 58.6 cm³/mol. The second-order valence-electron chi connectivity index (χ2n) is 3.89. The smallest absolute Gasteiger partial charge is 0.238 e. The van der Waals surface area contributed by atoms with Gasteiger partial charge < -0.3 is 10.6 Å². The number of carbonyl (C=O) groups excluding carboxylic acids is 1. The maximum absolute atomic E-state index is 11.5. The Kier molecular flexibility index (Phi) is 2.97. The van der Waals surface area contributed by atoms with Gasteiger partial charge >= 0.3 is 0 Å². The SMILES string of the molecule is Cc1cnccc1NC(=O)CNC1CC1. The van der Waals surface area contributed by atoms with Gasteiger partial charge in [0.2, 0.25) is 5.91 Å². The minimum atomic E-state index is 0.0104. The zero-order valence-corrected chi connectivity index (χ0v) is 8.79. The summed E-state index contributed by atoms with van der Waals surface area (Å²) in [6.07, 6.45) is 5.81. The number of nitrogens with zero attached hydrogens (tertiary/aromatic N) is 1. The van der Waals surface area contributed by atoms with Crippen molar-refractivity contribution in [3.8, 4) is 0 Å². The summed E-state index contributed by atoms with van der Waals surface area (Å²) >= 11 is 0. The van der Waals surface area contributed by atoms with Crippen molar-refractivity contribution in [1.82, 2.24) is 10.3 Å². The summed E-state index contributed by atoms with van der Waals surface area (Å²) in [5, 5.41) is 6.02. The third kappa shape index (κ3) is 3.02. The quantitative estimate of drug-likeness (QED) is 0.773. The molecule has 2 N–H and O–H groups in total. The van der Waals surface area contributed by atoms with E-state index in [0.29, 0.717) is 12.6 Å². The number of rotatable bonds is 4. The molecule has 0 aliphatic heterocycles. The Hall–Kier alpha value is -1.42. The summed E-state index contributed by atoms with van der Waals surface area (Å²) in [5.74, 6) is 0.0104. The molecule has 1 aliphatic rings. The van der Waals surface area contributed by atoms with Crippen LogP contribution in [0.25, 0.3) is 0 Å². The van der Waals surface area contributed by atoms with Gasteiger partial charge in [-0.3, -0.25) is 9.78 Å². The van der Waals surface area contributed by atoms with E-state index in [1.165, 1.54) is 12.8 Å². The van der Waals surface area contributed by atoms with Crippen LogP contribution in [0.3, 0.4) is 0 Å². The molecule has 1 aliphatic carbocycles. The molecule has 80 valence electrons. The summed E-state index contributed by atoms with van der Waals surface area (Å²) < 4.78 is 0. The van der Waals surface area contributed by atoms with E-state index >= 15 is 0 Å². The second kappa shape index (κ2) is 4.40. The molecule has 0 radical (unpaired) electrons. The molecule has 4 nitrogen and oxygen atoms in total. The Morgan fingerprint density at radius 3 is 3.07 bits per heavy atom. The first kappa shape index (κ1) is 10.1. The molecule has 1 amide bonds. The Morgan fingerprint density at radius 2 is 2.40 bits per heavy atom. The third-order valence-electron chi connectivity index (χ3n) is 2.42. The van der Waals surface area contributed by atoms with E-state index in [9.17, 15) is 4.79 Å². The van der Waals surface area contributed by atoms with Crippen molar-refractivity contribution in [2.45, 2.75) is 25.8 Å². The molecule has 0 saturated heterocycles. The molecule has 15 heavy (non-hydrogen) atoms. The van der Waals surface area contributed by atoms with Gasteiger partial charge in [0.05, 0.1) is 6.54 Å². The van der Waals surface area contributed by atoms with Gasteiger partial charge in [-0.05, 0) is 31.4 Å². The lowest BCUT2D eigenvalue weighted by Crippen LogP contribution is -2.29. The number of hydrogen-bond donors (Lipinski definition) is 2. The number of hydrogen-bond acceptors (Lipinski definition) is 3. The highest BCUT2D eigenvalue weighted by molar-refractivity contribution is 5.92. The molecular formula is C11H15N3O. The Bertz CT molecular complexity index is 361. The number of amides is 1. The standard InChI is InChI=1S/C11H15N3O/c1-8-6-12-5-4-10(8)14-11(15)7-13-9-2-3-9/h4-6,9,13H,2-3,7H2,1H3,(H,12,14,15). The molecule has 2 rings (SSSR count). The molecule has 1 saturated carbocycles. The number of nitrogens with one attached hydrogen (secondary N) is 2. The van der Waals surface area contributed by atoms with E-state index in [1.807, 2.05) is 13.0 Å². The summed E-state index contributed by atoms with van der Waals surface area (Å²) in [6.45, 7) is 2.32. The molecule has 1 fully saturated rings. The van der Waals surface area contributed by atoms with Crippen LogP contribution in [-0.2, 0) is 4.79 Å². The average molecular weight is 205 g/mol. The van der Waals surface area contributed by atoms with Gasteiger partial charge in [-0.1, -0.05) is 0 Å². The van der Waals surface area contributed by atoms with Crippen molar-refractivity contribution in [1.29, 1.82) is 0 Å². The maximum atomic E-state index is 11.5. The maximum Gasteiger partial charge on any atom is 0.238 e. The van der Waals surface area contributed by atoms with Crippen LogP contribution in [0.15, 0.2) is 18.5 Å². The van der Waals surface area contributed by atoms with Crippen LogP contribution < -0.4 is 10.6 Å². The minimum absolute atomic E-state index is 0.0104. The van der Waals surface area contributed by atoms with Crippen LogP contribution in [0, 0.1) is 6.92 Å². The van der Waals surface area contributed by atoms with Gasteiger partial charge in [0.15, 0.2) is 0 Å². The average Bonchev–Trinajstić information content (AvgIpc) is 3.02. The Labute approximate surface area is 89.1 Å².